The van der Waals surface area contributed by atoms with Gasteiger partial charge in [-0.25, -0.2) is 0 Å². The number of aliphatic hydroxyl groups is 1. The number of hydrogen-bond donors (Lipinski definition) is 1. The van der Waals surface area contributed by atoms with E-state index in [1.54, 1.807) is 0 Å². The summed E-state index contributed by atoms with van der Waals surface area (Å²) in [4.78, 5) is 2.24. The molecule has 1 N–H and O–H groups in total. The smallest absolute Gasteiger partial charge is 0.0702 e. The van der Waals surface area contributed by atoms with E-state index in [0.29, 0.717) is 0 Å². The lowest BCUT2D eigenvalue weighted by Crippen LogP contribution is -2.14. The van der Waals surface area contributed by atoms with Crippen LogP contribution in [0.1, 0.15) is 5.56 Å². The van der Waals surface area contributed by atoms with E-state index >= 15 is 0 Å². The van der Waals surface area contributed by atoms with Crippen molar-refractivity contribution in [1.82, 2.24) is 0 Å². The van der Waals surface area contributed by atoms with Crippen molar-refractivity contribution in [2.45, 2.75) is 6.61 Å². The zero-order valence-electron chi connectivity index (χ0n) is 18.9. The maximum atomic E-state index is 10.5. The van der Waals surface area contributed by atoms with Crippen LogP contribution < -0.4 is 4.90 Å². The van der Waals surface area contributed by atoms with Crippen LogP contribution in [0.4, 0.5) is 17.1 Å². The normalized spacial score (nSPS) is 10.8. The minimum Gasteiger partial charge on any atom is -0.392 e. The number of nitrogens with zero attached hydrogens (tertiary/aromatic N) is 1. The van der Waals surface area contributed by atoms with Gasteiger partial charge in [0.2, 0.25) is 0 Å². The van der Waals surface area contributed by atoms with E-state index in [4.69, 9.17) is 0 Å². The topological polar surface area (TPSA) is 23.5 Å². The summed E-state index contributed by atoms with van der Waals surface area (Å²) in [5, 5.41) is 10.5. The number of hydrogen-bond acceptors (Lipinski definition) is 2. The van der Waals surface area contributed by atoms with E-state index in [9.17, 15) is 5.11 Å². The second kappa shape index (κ2) is 10.6. The zero-order chi connectivity index (χ0) is 24.2. The lowest BCUT2D eigenvalue weighted by Gasteiger charge is -2.31. The molecule has 5 aromatic carbocycles. The van der Waals surface area contributed by atoms with E-state index < -0.39 is 0 Å². The summed E-state index contributed by atoms with van der Waals surface area (Å²) in [5.41, 5.74) is 8.23. The first-order valence-electron chi connectivity index (χ1n) is 11.3. The molecule has 0 unspecified atom stereocenters. The first-order valence-corrected chi connectivity index (χ1v) is 12.9. The quantitative estimate of drug-likeness (QED) is 0.215. The van der Waals surface area contributed by atoms with Crippen LogP contribution in [0, 0.1) is 0 Å². The van der Waals surface area contributed by atoms with Gasteiger partial charge in [-0.2, -0.15) is 0 Å². The van der Waals surface area contributed by atoms with Gasteiger partial charge in [0, 0.05) is 31.4 Å². The minimum atomic E-state index is -0.0738. The standard InChI is InChI=1S/C31H23Br2NO/c32-25-16-11-22(12-17-25)29-20-15-24(21-35)31(30(29)23-13-18-26(33)19-14-23)34(27-7-3-1-4-8-27)28-9-5-2-6-10-28/h1-20,35H,21H2. The molecule has 35 heavy (non-hydrogen) atoms. The predicted octanol–water partition coefficient (Wildman–Crippen LogP) is 9.51. The number of halogens is 2. The molecular formula is C31H23Br2NO. The van der Waals surface area contributed by atoms with Gasteiger partial charge < -0.3 is 10.0 Å². The second-order valence-corrected chi connectivity index (χ2v) is 10.0. The van der Waals surface area contributed by atoms with Crippen LogP contribution >= 0.6 is 31.9 Å². The highest BCUT2D eigenvalue weighted by atomic mass is 79.9. The van der Waals surface area contributed by atoms with Crippen LogP contribution in [0.25, 0.3) is 22.3 Å². The zero-order valence-corrected chi connectivity index (χ0v) is 22.1. The lowest BCUT2D eigenvalue weighted by molar-refractivity contribution is 0.282. The Morgan fingerprint density at radius 3 is 1.51 bits per heavy atom. The molecule has 5 rings (SSSR count). The van der Waals surface area contributed by atoms with Crippen LogP contribution in [0.2, 0.25) is 0 Å². The Balaban J connectivity index is 1.88. The number of anilines is 3. The molecule has 0 bridgehead atoms. The van der Waals surface area contributed by atoms with Crippen molar-refractivity contribution in [3.8, 4) is 22.3 Å². The molecule has 0 saturated heterocycles. The number of aliphatic hydroxyl groups excluding tert-OH is 1. The molecule has 0 aliphatic carbocycles. The molecule has 0 aliphatic heterocycles. The third-order valence-corrected chi connectivity index (χ3v) is 7.03. The fourth-order valence-electron chi connectivity index (χ4n) is 4.36. The summed E-state index contributed by atoms with van der Waals surface area (Å²) in [5.74, 6) is 0. The van der Waals surface area contributed by atoms with Crippen molar-refractivity contribution in [2.75, 3.05) is 4.90 Å². The van der Waals surface area contributed by atoms with Crippen molar-refractivity contribution in [2.24, 2.45) is 0 Å². The van der Waals surface area contributed by atoms with Crippen molar-refractivity contribution >= 4 is 48.9 Å². The number of para-hydroxylation sites is 2. The van der Waals surface area contributed by atoms with Gasteiger partial charge >= 0.3 is 0 Å². The average Bonchev–Trinajstić information content (AvgIpc) is 2.91. The maximum absolute atomic E-state index is 10.5. The monoisotopic (exact) mass is 583 g/mol. The highest BCUT2D eigenvalue weighted by Gasteiger charge is 2.23. The summed E-state index contributed by atoms with van der Waals surface area (Å²) in [6.45, 7) is -0.0738. The predicted molar refractivity (Wildman–Crippen MR) is 153 cm³/mol. The lowest BCUT2D eigenvalue weighted by atomic mass is 9.89. The fraction of sp³-hybridized carbons (Fsp3) is 0.0323. The summed E-state index contributed by atoms with van der Waals surface area (Å²) in [6.07, 6.45) is 0. The molecule has 2 nitrogen and oxygen atoms in total. The maximum Gasteiger partial charge on any atom is 0.0702 e. The summed E-state index contributed by atoms with van der Waals surface area (Å²) in [6, 6.07) is 41.5. The number of benzene rings is 5. The molecule has 0 spiro atoms. The van der Waals surface area contributed by atoms with Gasteiger partial charge in [-0.3, -0.25) is 0 Å². The minimum absolute atomic E-state index is 0.0738. The van der Waals surface area contributed by atoms with Crippen LogP contribution in [0.5, 0.6) is 0 Å². The van der Waals surface area contributed by atoms with E-state index in [2.05, 4.69) is 116 Å². The molecule has 4 heteroatoms. The Morgan fingerprint density at radius 1 is 0.543 bits per heavy atom. The highest BCUT2D eigenvalue weighted by Crippen LogP contribution is 2.47. The van der Waals surface area contributed by atoms with Crippen LogP contribution in [-0.2, 0) is 6.61 Å². The van der Waals surface area contributed by atoms with Crippen LogP contribution in [0.3, 0.4) is 0 Å². The van der Waals surface area contributed by atoms with E-state index in [1.807, 2.05) is 42.5 Å². The van der Waals surface area contributed by atoms with E-state index in [-0.39, 0.29) is 6.61 Å². The Labute approximate surface area is 222 Å². The van der Waals surface area contributed by atoms with Crippen molar-refractivity contribution in [3.63, 3.8) is 0 Å². The summed E-state index contributed by atoms with van der Waals surface area (Å²) in [7, 11) is 0. The summed E-state index contributed by atoms with van der Waals surface area (Å²) >= 11 is 7.15. The van der Waals surface area contributed by atoms with Gasteiger partial charge in [0.15, 0.2) is 0 Å². The second-order valence-electron chi connectivity index (χ2n) is 8.17. The first-order chi connectivity index (χ1) is 17.2. The van der Waals surface area contributed by atoms with Gasteiger partial charge in [-0.1, -0.05) is 105 Å². The van der Waals surface area contributed by atoms with Gasteiger partial charge in [-0.05, 0) is 65.2 Å². The third kappa shape index (κ3) is 4.96. The van der Waals surface area contributed by atoms with Gasteiger partial charge in [0.1, 0.15) is 0 Å². The molecule has 0 amide bonds. The molecular weight excluding hydrogens is 562 g/mol. The van der Waals surface area contributed by atoms with Crippen LogP contribution in [0.15, 0.2) is 130 Å². The first kappa shape index (κ1) is 23.6. The molecule has 0 saturated carbocycles. The molecule has 172 valence electrons. The number of rotatable bonds is 6. The SMILES string of the molecule is OCc1ccc(-c2ccc(Br)cc2)c(-c2ccc(Br)cc2)c1N(c1ccccc1)c1ccccc1. The molecule has 0 aromatic heterocycles. The molecule has 5 aromatic rings. The highest BCUT2D eigenvalue weighted by molar-refractivity contribution is 9.10. The van der Waals surface area contributed by atoms with E-state index in [0.717, 1.165) is 53.8 Å². The van der Waals surface area contributed by atoms with Crippen LogP contribution in [-0.4, -0.2) is 5.11 Å². The molecule has 0 fully saturated rings. The Kier molecular flexibility index (Phi) is 7.14. The van der Waals surface area contributed by atoms with Crippen molar-refractivity contribution in [3.05, 3.63) is 136 Å². The summed E-state index contributed by atoms with van der Waals surface area (Å²) < 4.78 is 2.06. The van der Waals surface area contributed by atoms with Gasteiger partial charge in [-0.15, -0.1) is 0 Å². The van der Waals surface area contributed by atoms with Crippen molar-refractivity contribution in [1.29, 1.82) is 0 Å². The Bertz CT molecular complexity index is 1380. The third-order valence-electron chi connectivity index (χ3n) is 5.97. The van der Waals surface area contributed by atoms with E-state index in [1.165, 1.54) is 0 Å². The average molecular weight is 585 g/mol. The van der Waals surface area contributed by atoms with Crippen molar-refractivity contribution < 1.29 is 5.11 Å². The molecule has 0 aliphatic rings. The Morgan fingerprint density at radius 2 is 1.03 bits per heavy atom. The molecule has 0 heterocycles. The molecule has 0 radical (unpaired) electrons. The molecule has 0 atom stereocenters. The van der Waals surface area contributed by atoms with Gasteiger partial charge in [0.05, 0.1) is 12.3 Å². The fourth-order valence-corrected chi connectivity index (χ4v) is 4.89. The van der Waals surface area contributed by atoms with Gasteiger partial charge in [0.25, 0.3) is 0 Å². The largest absolute Gasteiger partial charge is 0.392 e. The Hall–Kier alpha value is -3.18.